The van der Waals surface area contributed by atoms with E-state index in [9.17, 15) is 9.90 Å². The van der Waals surface area contributed by atoms with Crippen LogP contribution >= 0.6 is 23.5 Å². The van der Waals surface area contributed by atoms with Gasteiger partial charge in [-0.05, 0) is 24.3 Å². The van der Waals surface area contributed by atoms with Crippen molar-refractivity contribution in [2.24, 2.45) is 0 Å². The van der Waals surface area contributed by atoms with Crippen molar-refractivity contribution in [3.05, 3.63) is 46.2 Å². The lowest BCUT2D eigenvalue weighted by atomic mass is 10.0. The number of thioether (sulfide) groups is 2. The molecule has 0 unspecified atom stereocenters. The molecule has 0 radical (unpaired) electrons. The van der Waals surface area contributed by atoms with Gasteiger partial charge in [-0.2, -0.15) is 28.6 Å². The Morgan fingerprint density at radius 1 is 0.939 bits per heavy atom. The zero-order valence-electron chi connectivity index (χ0n) is 18.2. The second-order valence-electron chi connectivity index (χ2n) is 7.52. The molecule has 0 aliphatic heterocycles. The van der Waals surface area contributed by atoms with E-state index in [-0.39, 0.29) is 29.8 Å². The number of aromatic hydroxyl groups is 1. The smallest absolute Gasteiger partial charge is 0.203 e. The van der Waals surface area contributed by atoms with Gasteiger partial charge in [-0.25, -0.2) is 4.52 Å². The van der Waals surface area contributed by atoms with Crippen LogP contribution in [0, 0.1) is 0 Å². The summed E-state index contributed by atoms with van der Waals surface area (Å²) < 4.78 is 1.77. The Balaban J connectivity index is 1.73. The van der Waals surface area contributed by atoms with Gasteiger partial charge in [0.2, 0.25) is 5.43 Å². The van der Waals surface area contributed by atoms with Gasteiger partial charge >= 0.3 is 0 Å². The summed E-state index contributed by atoms with van der Waals surface area (Å²) in [6.45, 7) is 2.31. The van der Waals surface area contributed by atoms with Crippen LogP contribution in [0.3, 0.4) is 0 Å². The van der Waals surface area contributed by atoms with E-state index < -0.39 is 0 Å². The van der Waals surface area contributed by atoms with Gasteiger partial charge in [0.25, 0.3) is 0 Å². The van der Waals surface area contributed by atoms with Crippen molar-refractivity contribution in [3.63, 3.8) is 0 Å². The van der Waals surface area contributed by atoms with Crippen LogP contribution in [0.4, 0.5) is 5.69 Å². The van der Waals surface area contributed by atoms with Crippen molar-refractivity contribution in [2.45, 2.75) is 6.54 Å². The van der Waals surface area contributed by atoms with Gasteiger partial charge in [-0.1, -0.05) is 6.07 Å². The maximum absolute atomic E-state index is 13.5. The third-order valence-corrected chi connectivity index (χ3v) is 7.30. The first kappa shape index (κ1) is 23.9. The minimum absolute atomic E-state index is 0.0549. The first-order chi connectivity index (χ1) is 16.2. The standard InChI is InChI=1S/C23H28N4O4S2/c28-8-12-32-10-6-24-14-17-15-4-5-16(25-7-11-33-13-9-29)20-22(15)27(26-17)18-2-1-3-19(30)21(18)23(20)31/h1-5,24-25,28-30H,6-14H2. The molecular weight excluding hydrogens is 460 g/mol. The highest BCUT2D eigenvalue weighted by Crippen LogP contribution is 2.33. The highest BCUT2D eigenvalue weighted by Gasteiger charge is 2.21. The van der Waals surface area contributed by atoms with E-state index in [1.165, 1.54) is 6.07 Å². The monoisotopic (exact) mass is 488 g/mol. The van der Waals surface area contributed by atoms with Gasteiger partial charge in [-0.15, -0.1) is 0 Å². The van der Waals surface area contributed by atoms with Crippen LogP contribution in [0.2, 0.25) is 0 Å². The van der Waals surface area contributed by atoms with Gasteiger partial charge in [-0.3, -0.25) is 4.79 Å². The van der Waals surface area contributed by atoms with Crippen LogP contribution < -0.4 is 16.1 Å². The number of hydrogen-bond acceptors (Lipinski definition) is 9. The largest absolute Gasteiger partial charge is 0.507 e. The number of benzene rings is 2. The third kappa shape index (κ3) is 4.99. The summed E-state index contributed by atoms with van der Waals surface area (Å²) in [5.74, 6) is 3.04. The molecule has 2 aromatic heterocycles. The summed E-state index contributed by atoms with van der Waals surface area (Å²) in [5.41, 5.74) is 2.67. The number of fused-ring (bicyclic) bond motifs is 2. The van der Waals surface area contributed by atoms with Gasteiger partial charge < -0.3 is 26.0 Å². The zero-order chi connectivity index (χ0) is 23.2. The Labute approximate surface area is 199 Å². The average Bonchev–Trinajstić information content (AvgIpc) is 3.19. The second kappa shape index (κ2) is 11.3. The molecule has 10 heteroatoms. The average molecular weight is 489 g/mol. The van der Waals surface area contributed by atoms with Crippen molar-refractivity contribution in [2.75, 3.05) is 54.6 Å². The van der Waals surface area contributed by atoms with Crippen LogP contribution in [0.1, 0.15) is 5.69 Å². The Kier molecular flexibility index (Phi) is 8.15. The summed E-state index contributed by atoms with van der Waals surface area (Å²) in [5, 5.41) is 41.6. The molecule has 0 bridgehead atoms. The number of phenolic OH excluding ortho intramolecular Hbond substituents is 1. The summed E-state index contributed by atoms with van der Waals surface area (Å²) in [4.78, 5) is 13.5. The number of hydrogen-bond donors (Lipinski definition) is 5. The second-order valence-corrected chi connectivity index (χ2v) is 9.97. The first-order valence-corrected chi connectivity index (χ1v) is 13.2. The van der Waals surface area contributed by atoms with E-state index in [0.717, 1.165) is 40.4 Å². The lowest BCUT2D eigenvalue weighted by Gasteiger charge is -2.12. The van der Waals surface area contributed by atoms with E-state index >= 15 is 0 Å². The Bertz CT molecular complexity index is 1280. The van der Waals surface area contributed by atoms with Crippen molar-refractivity contribution in [1.82, 2.24) is 14.9 Å². The third-order valence-electron chi connectivity index (χ3n) is 5.37. The van der Waals surface area contributed by atoms with E-state index in [1.807, 2.05) is 12.1 Å². The Morgan fingerprint density at radius 2 is 1.70 bits per heavy atom. The molecule has 5 N–H and O–H groups in total. The molecule has 4 aromatic rings. The normalized spacial score (nSPS) is 11.8. The molecule has 8 nitrogen and oxygen atoms in total. The molecule has 0 aliphatic carbocycles. The van der Waals surface area contributed by atoms with Gasteiger partial charge in [0.15, 0.2) is 0 Å². The number of pyridine rings is 1. The Hall–Kier alpha value is -2.24. The number of nitrogens with zero attached hydrogens (tertiary/aromatic N) is 2. The number of rotatable bonds is 13. The summed E-state index contributed by atoms with van der Waals surface area (Å²) >= 11 is 3.33. The van der Waals surface area contributed by atoms with Crippen LogP contribution in [0.15, 0.2) is 35.1 Å². The van der Waals surface area contributed by atoms with Crippen LogP contribution in [0.25, 0.3) is 27.2 Å². The van der Waals surface area contributed by atoms with Crippen molar-refractivity contribution in [3.8, 4) is 5.75 Å². The number of nitrogens with one attached hydrogen (secondary N) is 2. The maximum Gasteiger partial charge on any atom is 0.203 e. The summed E-state index contributed by atoms with van der Waals surface area (Å²) in [6.07, 6.45) is 0. The topological polar surface area (TPSA) is 119 Å². The number of anilines is 1. The number of aliphatic hydroxyl groups is 2. The lowest BCUT2D eigenvalue weighted by Crippen LogP contribution is -2.17. The number of aliphatic hydroxyl groups excluding tert-OH is 2. The maximum atomic E-state index is 13.5. The number of phenols is 1. The molecule has 33 heavy (non-hydrogen) atoms. The molecule has 0 spiro atoms. The molecule has 176 valence electrons. The Morgan fingerprint density at radius 3 is 2.45 bits per heavy atom. The van der Waals surface area contributed by atoms with Gasteiger partial charge in [0.05, 0.1) is 40.7 Å². The highest BCUT2D eigenvalue weighted by atomic mass is 32.2. The predicted octanol–water partition coefficient (Wildman–Crippen LogP) is 2.10. The van der Waals surface area contributed by atoms with Crippen LogP contribution in [0.5, 0.6) is 5.75 Å². The highest BCUT2D eigenvalue weighted by molar-refractivity contribution is 7.99. The van der Waals surface area contributed by atoms with Crippen molar-refractivity contribution >= 4 is 56.4 Å². The van der Waals surface area contributed by atoms with Gasteiger partial charge in [0.1, 0.15) is 5.75 Å². The van der Waals surface area contributed by atoms with Gasteiger partial charge in [0, 0.05) is 53.7 Å². The molecule has 0 amide bonds. The lowest BCUT2D eigenvalue weighted by molar-refractivity contribution is 0.322. The van der Waals surface area contributed by atoms with E-state index in [1.54, 1.807) is 40.2 Å². The van der Waals surface area contributed by atoms with E-state index in [0.29, 0.717) is 35.4 Å². The molecule has 2 heterocycles. The molecule has 0 saturated carbocycles. The molecule has 2 aromatic carbocycles. The van der Waals surface area contributed by atoms with E-state index in [2.05, 4.69) is 10.6 Å². The summed E-state index contributed by atoms with van der Waals surface area (Å²) in [7, 11) is 0. The first-order valence-electron chi connectivity index (χ1n) is 10.9. The SMILES string of the molecule is O=c1c2c(O)cccc2n2nc(CNCCSCCO)c3ccc(NCCSCCO)c1c32. The number of aromatic nitrogens is 2. The van der Waals surface area contributed by atoms with Crippen molar-refractivity contribution in [1.29, 1.82) is 0 Å². The fourth-order valence-corrected chi connectivity index (χ4v) is 5.16. The quantitative estimate of drug-likeness (QED) is 0.142. The molecular formula is C23H28N4O4S2. The van der Waals surface area contributed by atoms with Crippen LogP contribution in [-0.2, 0) is 6.54 Å². The van der Waals surface area contributed by atoms with Crippen LogP contribution in [-0.4, -0.2) is 74.2 Å². The minimum Gasteiger partial charge on any atom is -0.507 e. The molecule has 4 rings (SSSR count). The van der Waals surface area contributed by atoms with E-state index in [4.69, 9.17) is 15.3 Å². The minimum atomic E-state index is -0.216. The zero-order valence-corrected chi connectivity index (χ0v) is 19.8. The molecule has 0 saturated heterocycles. The fraction of sp³-hybridized carbons (Fsp3) is 0.391. The fourth-order valence-electron chi connectivity index (χ4n) is 3.96. The molecule has 0 aliphatic rings. The molecule has 0 atom stereocenters. The predicted molar refractivity (Wildman–Crippen MR) is 138 cm³/mol. The van der Waals surface area contributed by atoms with Crippen molar-refractivity contribution < 1.29 is 15.3 Å². The molecule has 0 fully saturated rings. The summed E-state index contributed by atoms with van der Waals surface area (Å²) in [6, 6.07) is 8.94.